The maximum atomic E-state index is 11.3. The molecule has 0 aliphatic rings. The van der Waals surface area contributed by atoms with Gasteiger partial charge in [0.25, 0.3) is 0 Å². The van der Waals surface area contributed by atoms with Gasteiger partial charge in [0.15, 0.2) is 0 Å². The number of H-pyrrole nitrogens is 1. The topological polar surface area (TPSA) is 37.8 Å². The maximum absolute atomic E-state index is 11.3. The Hall–Kier alpha value is -1.22. The van der Waals surface area contributed by atoms with E-state index in [1.54, 1.807) is 17.7 Å². The third-order valence-electron chi connectivity index (χ3n) is 2.15. The van der Waals surface area contributed by atoms with Crippen LogP contribution in [0.2, 0.25) is 5.02 Å². The summed E-state index contributed by atoms with van der Waals surface area (Å²) in [4.78, 5) is 14.0. The number of hydrogen-bond acceptors (Lipinski definition) is 1. The molecule has 68 valence electrons. The van der Waals surface area contributed by atoms with Crippen LogP contribution in [0.25, 0.3) is 11.0 Å². The molecule has 0 spiro atoms. The van der Waals surface area contributed by atoms with Gasteiger partial charge in [-0.2, -0.15) is 0 Å². The van der Waals surface area contributed by atoms with Gasteiger partial charge in [0.05, 0.1) is 11.0 Å². The van der Waals surface area contributed by atoms with Crippen molar-refractivity contribution in [2.75, 3.05) is 0 Å². The lowest BCUT2D eigenvalue weighted by Crippen LogP contribution is -2.12. The number of halogens is 1. The largest absolute Gasteiger partial charge is 0.326 e. The quantitative estimate of drug-likeness (QED) is 0.686. The average Bonchev–Trinajstić information content (AvgIpc) is 2.27. The minimum absolute atomic E-state index is 0.111. The zero-order valence-corrected chi connectivity index (χ0v) is 8.14. The lowest BCUT2D eigenvalue weighted by Gasteiger charge is -1.99. The fourth-order valence-electron chi connectivity index (χ4n) is 1.58. The van der Waals surface area contributed by atoms with Gasteiger partial charge in [-0.1, -0.05) is 11.6 Å². The van der Waals surface area contributed by atoms with Gasteiger partial charge in [-0.15, -0.1) is 0 Å². The Morgan fingerprint density at radius 2 is 2.15 bits per heavy atom. The Balaban J connectivity index is 3.03. The standard InChI is InChI=1S/C9H9ClN2O/c1-5-3-6(10)4-7-8(5)12(2)9(13)11-7/h3-4H,1-2H3,(H,11,13). The van der Waals surface area contributed by atoms with Gasteiger partial charge in [0.1, 0.15) is 0 Å². The van der Waals surface area contributed by atoms with Crippen molar-refractivity contribution in [2.45, 2.75) is 6.92 Å². The summed E-state index contributed by atoms with van der Waals surface area (Å²) in [5, 5.41) is 0.645. The van der Waals surface area contributed by atoms with E-state index in [1.165, 1.54) is 0 Å². The van der Waals surface area contributed by atoms with Crippen LogP contribution in [0.4, 0.5) is 0 Å². The van der Waals surface area contributed by atoms with Crippen molar-refractivity contribution in [3.05, 3.63) is 33.2 Å². The summed E-state index contributed by atoms with van der Waals surface area (Å²) in [6.45, 7) is 1.93. The van der Waals surface area contributed by atoms with Crippen LogP contribution in [-0.4, -0.2) is 9.55 Å². The van der Waals surface area contributed by atoms with E-state index in [0.29, 0.717) is 5.02 Å². The van der Waals surface area contributed by atoms with Crippen LogP contribution in [-0.2, 0) is 7.05 Å². The highest BCUT2D eigenvalue weighted by Gasteiger charge is 2.06. The molecule has 0 fully saturated rings. The second-order valence-electron chi connectivity index (χ2n) is 3.11. The van der Waals surface area contributed by atoms with Gasteiger partial charge in [-0.25, -0.2) is 4.79 Å². The Bertz CT molecular complexity index is 524. The predicted molar refractivity (Wildman–Crippen MR) is 53.3 cm³/mol. The van der Waals surface area contributed by atoms with Crippen molar-refractivity contribution < 1.29 is 0 Å². The van der Waals surface area contributed by atoms with Crippen molar-refractivity contribution in [3.8, 4) is 0 Å². The van der Waals surface area contributed by atoms with E-state index in [-0.39, 0.29) is 5.69 Å². The lowest BCUT2D eigenvalue weighted by atomic mass is 10.2. The third kappa shape index (κ3) is 1.16. The van der Waals surface area contributed by atoms with Gasteiger partial charge in [0.2, 0.25) is 0 Å². The Morgan fingerprint density at radius 1 is 1.46 bits per heavy atom. The van der Waals surface area contributed by atoms with E-state index in [0.717, 1.165) is 16.6 Å². The van der Waals surface area contributed by atoms with Crippen molar-refractivity contribution >= 4 is 22.6 Å². The Morgan fingerprint density at radius 3 is 2.85 bits per heavy atom. The van der Waals surface area contributed by atoms with E-state index < -0.39 is 0 Å². The van der Waals surface area contributed by atoms with Crippen LogP contribution < -0.4 is 5.69 Å². The summed E-state index contributed by atoms with van der Waals surface area (Å²) in [5.74, 6) is 0. The van der Waals surface area contributed by atoms with Crippen LogP contribution in [0, 0.1) is 6.92 Å². The number of imidazole rings is 1. The molecular formula is C9H9ClN2O. The normalized spacial score (nSPS) is 11.0. The predicted octanol–water partition coefficient (Wildman–Crippen LogP) is 1.83. The van der Waals surface area contributed by atoms with Gasteiger partial charge in [0, 0.05) is 12.1 Å². The van der Waals surface area contributed by atoms with E-state index in [9.17, 15) is 4.79 Å². The zero-order chi connectivity index (χ0) is 9.59. The number of aromatic amines is 1. The van der Waals surface area contributed by atoms with Crippen LogP contribution in [0.15, 0.2) is 16.9 Å². The Labute approximate surface area is 79.9 Å². The van der Waals surface area contributed by atoms with Crippen molar-refractivity contribution in [3.63, 3.8) is 0 Å². The molecule has 2 aromatic rings. The highest BCUT2D eigenvalue weighted by atomic mass is 35.5. The number of rotatable bonds is 0. The summed E-state index contributed by atoms with van der Waals surface area (Å²) >= 11 is 5.85. The average molecular weight is 197 g/mol. The van der Waals surface area contributed by atoms with Crippen molar-refractivity contribution in [1.29, 1.82) is 0 Å². The summed E-state index contributed by atoms with van der Waals surface area (Å²) in [6, 6.07) is 3.60. The molecule has 1 N–H and O–H groups in total. The molecule has 0 aliphatic carbocycles. The highest BCUT2D eigenvalue weighted by Crippen LogP contribution is 2.20. The van der Waals surface area contributed by atoms with Crippen LogP contribution >= 0.6 is 11.6 Å². The molecular weight excluding hydrogens is 188 g/mol. The molecule has 1 heterocycles. The van der Waals surface area contributed by atoms with Crippen LogP contribution in [0.1, 0.15) is 5.56 Å². The van der Waals surface area contributed by atoms with Gasteiger partial charge in [-0.3, -0.25) is 4.57 Å². The first-order valence-corrected chi connectivity index (χ1v) is 4.32. The second-order valence-corrected chi connectivity index (χ2v) is 3.54. The van der Waals surface area contributed by atoms with Gasteiger partial charge in [-0.05, 0) is 24.6 Å². The summed E-state index contributed by atoms with van der Waals surface area (Å²) in [7, 11) is 1.74. The highest BCUT2D eigenvalue weighted by molar-refractivity contribution is 6.31. The molecule has 1 aromatic carbocycles. The smallest absolute Gasteiger partial charge is 0.305 e. The number of nitrogens with one attached hydrogen (secondary N) is 1. The van der Waals surface area contributed by atoms with E-state index in [4.69, 9.17) is 11.6 Å². The zero-order valence-electron chi connectivity index (χ0n) is 7.39. The molecule has 3 nitrogen and oxygen atoms in total. The van der Waals surface area contributed by atoms with Crippen LogP contribution in [0.5, 0.6) is 0 Å². The molecule has 0 bridgehead atoms. The number of nitrogens with zero attached hydrogens (tertiary/aromatic N) is 1. The molecule has 0 unspecified atom stereocenters. The lowest BCUT2D eigenvalue weighted by molar-refractivity contribution is 0.889. The fourth-order valence-corrected chi connectivity index (χ4v) is 1.85. The van der Waals surface area contributed by atoms with Gasteiger partial charge < -0.3 is 4.98 Å². The molecule has 4 heteroatoms. The summed E-state index contributed by atoms with van der Waals surface area (Å²) < 4.78 is 1.58. The number of benzene rings is 1. The molecule has 0 atom stereocenters. The molecule has 0 saturated carbocycles. The third-order valence-corrected chi connectivity index (χ3v) is 2.37. The monoisotopic (exact) mass is 196 g/mol. The molecule has 2 rings (SSSR count). The fraction of sp³-hybridized carbons (Fsp3) is 0.222. The second kappa shape index (κ2) is 2.64. The van der Waals surface area contributed by atoms with Crippen LogP contribution in [0.3, 0.4) is 0 Å². The summed E-state index contributed by atoms with van der Waals surface area (Å²) in [6.07, 6.45) is 0. The van der Waals surface area contributed by atoms with Crippen molar-refractivity contribution in [1.82, 2.24) is 9.55 Å². The molecule has 1 aromatic heterocycles. The minimum Gasteiger partial charge on any atom is -0.305 e. The number of fused-ring (bicyclic) bond motifs is 1. The van der Waals surface area contributed by atoms with Gasteiger partial charge >= 0.3 is 5.69 Å². The van der Waals surface area contributed by atoms with E-state index in [1.807, 2.05) is 13.0 Å². The first-order valence-electron chi connectivity index (χ1n) is 3.94. The summed E-state index contributed by atoms with van der Waals surface area (Å²) in [5.41, 5.74) is 2.59. The SMILES string of the molecule is Cc1cc(Cl)cc2[nH]c(=O)n(C)c12. The maximum Gasteiger partial charge on any atom is 0.326 e. The number of aromatic nitrogens is 2. The molecule has 0 aliphatic heterocycles. The Kier molecular flexibility index (Phi) is 1.70. The minimum atomic E-state index is -0.111. The molecule has 0 saturated heterocycles. The molecule has 13 heavy (non-hydrogen) atoms. The molecule has 0 radical (unpaired) electrons. The van der Waals surface area contributed by atoms with E-state index in [2.05, 4.69) is 4.98 Å². The number of aryl methyl sites for hydroxylation is 2. The first kappa shape index (κ1) is 8.38. The van der Waals surface area contributed by atoms with E-state index >= 15 is 0 Å². The van der Waals surface area contributed by atoms with Crippen molar-refractivity contribution in [2.24, 2.45) is 7.05 Å². The first-order chi connectivity index (χ1) is 6.09. The number of hydrogen-bond donors (Lipinski definition) is 1. The molecule has 0 amide bonds.